The standard InChI is InChI=1S/C20H16N2O2/c1-2-22(19-9-5-7-15-6-3-4-8-18(15)19)20(24)16-10-12-17(13-11-16)21-14-23/h3-13H,2H2,1H3. The Morgan fingerprint density at radius 1 is 1.00 bits per heavy atom. The summed E-state index contributed by atoms with van der Waals surface area (Å²) in [6, 6.07) is 20.6. The van der Waals surface area contributed by atoms with E-state index < -0.39 is 0 Å². The second-order valence-electron chi connectivity index (χ2n) is 5.30. The van der Waals surface area contributed by atoms with Gasteiger partial charge in [-0.15, -0.1) is 0 Å². The number of rotatable bonds is 4. The van der Waals surface area contributed by atoms with Gasteiger partial charge in [-0.3, -0.25) is 4.79 Å². The number of benzene rings is 3. The summed E-state index contributed by atoms with van der Waals surface area (Å²) in [7, 11) is 0. The van der Waals surface area contributed by atoms with Gasteiger partial charge >= 0.3 is 0 Å². The van der Waals surface area contributed by atoms with E-state index in [0.717, 1.165) is 16.5 Å². The minimum absolute atomic E-state index is 0.0875. The molecule has 0 bridgehead atoms. The summed E-state index contributed by atoms with van der Waals surface area (Å²) in [6.45, 7) is 2.51. The average Bonchev–Trinajstić information content (AvgIpc) is 2.63. The van der Waals surface area contributed by atoms with Crippen molar-refractivity contribution < 1.29 is 9.59 Å². The fourth-order valence-electron chi connectivity index (χ4n) is 2.75. The van der Waals surface area contributed by atoms with Crippen LogP contribution in [0.15, 0.2) is 71.7 Å². The van der Waals surface area contributed by atoms with Gasteiger partial charge in [0.25, 0.3) is 5.91 Å². The highest BCUT2D eigenvalue weighted by atomic mass is 16.2. The van der Waals surface area contributed by atoms with Gasteiger partial charge in [0.2, 0.25) is 6.08 Å². The maximum atomic E-state index is 12.9. The maximum Gasteiger partial charge on any atom is 0.258 e. The van der Waals surface area contributed by atoms with E-state index >= 15 is 0 Å². The third kappa shape index (κ3) is 2.96. The van der Waals surface area contributed by atoms with E-state index in [1.165, 1.54) is 6.08 Å². The zero-order chi connectivity index (χ0) is 16.9. The van der Waals surface area contributed by atoms with E-state index in [9.17, 15) is 9.59 Å². The fraction of sp³-hybridized carbons (Fsp3) is 0.100. The van der Waals surface area contributed by atoms with Crippen LogP contribution in [-0.2, 0) is 4.79 Å². The molecule has 3 aromatic carbocycles. The number of carbonyl (C=O) groups is 1. The molecule has 3 rings (SSSR count). The second kappa shape index (κ2) is 6.90. The van der Waals surface area contributed by atoms with Gasteiger partial charge in [-0.2, -0.15) is 4.99 Å². The molecule has 118 valence electrons. The van der Waals surface area contributed by atoms with Crippen LogP contribution < -0.4 is 4.90 Å². The Bertz CT molecular complexity index is 921. The van der Waals surface area contributed by atoms with Crippen LogP contribution in [0.3, 0.4) is 0 Å². The lowest BCUT2D eigenvalue weighted by Gasteiger charge is -2.23. The van der Waals surface area contributed by atoms with E-state index in [-0.39, 0.29) is 5.91 Å². The topological polar surface area (TPSA) is 49.7 Å². The first-order chi connectivity index (χ1) is 11.7. The minimum atomic E-state index is -0.0875. The molecule has 0 aromatic heterocycles. The van der Waals surface area contributed by atoms with Gasteiger partial charge < -0.3 is 4.90 Å². The summed E-state index contributed by atoms with van der Waals surface area (Å²) in [5, 5.41) is 2.13. The minimum Gasteiger partial charge on any atom is -0.308 e. The van der Waals surface area contributed by atoms with Crippen molar-refractivity contribution in [2.24, 2.45) is 4.99 Å². The van der Waals surface area contributed by atoms with Crippen LogP contribution in [0.5, 0.6) is 0 Å². The summed E-state index contributed by atoms with van der Waals surface area (Å²) in [6.07, 6.45) is 1.49. The van der Waals surface area contributed by atoms with Crippen molar-refractivity contribution in [3.63, 3.8) is 0 Å². The molecule has 0 saturated heterocycles. The van der Waals surface area contributed by atoms with E-state index in [1.807, 2.05) is 49.4 Å². The molecule has 0 saturated carbocycles. The molecule has 0 spiro atoms. The molecule has 0 aliphatic rings. The third-order valence-electron chi connectivity index (χ3n) is 3.91. The van der Waals surface area contributed by atoms with Gasteiger partial charge in [0.15, 0.2) is 0 Å². The monoisotopic (exact) mass is 316 g/mol. The normalized spacial score (nSPS) is 10.2. The number of nitrogens with zero attached hydrogens (tertiary/aromatic N) is 2. The van der Waals surface area contributed by atoms with Crippen LogP contribution in [0.25, 0.3) is 10.8 Å². The molecule has 0 atom stereocenters. The lowest BCUT2D eigenvalue weighted by Crippen LogP contribution is -2.30. The Morgan fingerprint density at radius 2 is 1.71 bits per heavy atom. The highest BCUT2D eigenvalue weighted by Gasteiger charge is 2.17. The molecule has 24 heavy (non-hydrogen) atoms. The predicted octanol–water partition coefficient (Wildman–Crippen LogP) is 4.47. The third-order valence-corrected chi connectivity index (χ3v) is 3.91. The van der Waals surface area contributed by atoms with Crippen LogP contribution in [-0.4, -0.2) is 18.5 Å². The molecule has 0 heterocycles. The summed E-state index contributed by atoms with van der Waals surface area (Å²) < 4.78 is 0. The lowest BCUT2D eigenvalue weighted by atomic mass is 10.1. The van der Waals surface area contributed by atoms with Crippen molar-refractivity contribution in [3.8, 4) is 0 Å². The Kier molecular flexibility index (Phi) is 4.50. The molecule has 0 radical (unpaired) electrons. The highest BCUT2D eigenvalue weighted by Crippen LogP contribution is 2.28. The van der Waals surface area contributed by atoms with Crippen molar-refractivity contribution in [1.29, 1.82) is 0 Å². The summed E-state index contributed by atoms with van der Waals surface area (Å²) >= 11 is 0. The smallest absolute Gasteiger partial charge is 0.258 e. The molecule has 0 fully saturated rings. The van der Waals surface area contributed by atoms with Gasteiger partial charge in [-0.05, 0) is 42.6 Å². The number of aliphatic imine (C=N–C) groups is 1. The van der Waals surface area contributed by atoms with Gasteiger partial charge in [0.1, 0.15) is 0 Å². The van der Waals surface area contributed by atoms with E-state index in [0.29, 0.717) is 17.8 Å². The summed E-state index contributed by atoms with van der Waals surface area (Å²) in [5.41, 5.74) is 1.92. The number of hydrogen-bond acceptors (Lipinski definition) is 3. The number of isocyanates is 1. The summed E-state index contributed by atoms with van der Waals surface area (Å²) in [4.78, 5) is 28.5. The zero-order valence-corrected chi connectivity index (χ0v) is 13.3. The number of anilines is 1. The maximum absolute atomic E-state index is 12.9. The number of hydrogen-bond donors (Lipinski definition) is 0. The van der Waals surface area contributed by atoms with Crippen LogP contribution in [0, 0.1) is 0 Å². The number of amides is 1. The second-order valence-corrected chi connectivity index (χ2v) is 5.30. The van der Waals surface area contributed by atoms with E-state index in [4.69, 9.17) is 0 Å². The Labute approximate surface area is 140 Å². The van der Waals surface area contributed by atoms with E-state index in [1.54, 1.807) is 29.2 Å². The van der Waals surface area contributed by atoms with Crippen molar-refractivity contribution in [3.05, 3.63) is 72.3 Å². The lowest BCUT2D eigenvalue weighted by molar-refractivity contribution is 0.0988. The summed E-state index contributed by atoms with van der Waals surface area (Å²) in [5.74, 6) is -0.0875. The predicted molar refractivity (Wildman–Crippen MR) is 95.5 cm³/mol. The molecular weight excluding hydrogens is 300 g/mol. The SMILES string of the molecule is CCN(C(=O)c1ccc(N=C=O)cc1)c1cccc2ccccc12. The van der Waals surface area contributed by atoms with Crippen LogP contribution >= 0.6 is 0 Å². The van der Waals surface area contributed by atoms with E-state index in [2.05, 4.69) is 4.99 Å². The molecule has 0 aliphatic heterocycles. The molecule has 0 unspecified atom stereocenters. The number of carbonyl (C=O) groups excluding carboxylic acids is 2. The largest absolute Gasteiger partial charge is 0.308 e. The first kappa shape index (κ1) is 15.7. The van der Waals surface area contributed by atoms with Gasteiger partial charge in [0.05, 0.1) is 11.4 Å². The first-order valence-electron chi connectivity index (χ1n) is 7.72. The van der Waals surface area contributed by atoms with Gasteiger partial charge in [-0.1, -0.05) is 36.4 Å². The van der Waals surface area contributed by atoms with Crippen molar-refractivity contribution in [2.75, 3.05) is 11.4 Å². The Hall–Kier alpha value is -3.23. The Morgan fingerprint density at radius 3 is 2.42 bits per heavy atom. The van der Waals surface area contributed by atoms with Crippen molar-refractivity contribution in [1.82, 2.24) is 0 Å². The average molecular weight is 316 g/mol. The molecule has 0 N–H and O–H groups in total. The van der Waals surface area contributed by atoms with Crippen LogP contribution in [0.1, 0.15) is 17.3 Å². The number of fused-ring (bicyclic) bond motifs is 1. The highest BCUT2D eigenvalue weighted by molar-refractivity contribution is 6.10. The molecule has 3 aromatic rings. The van der Waals surface area contributed by atoms with Crippen LogP contribution in [0.4, 0.5) is 11.4 Å². The quantitative estimate of drug-likeness (QED) is 0.526. The van der Waals surface area contributed by atoms with Crippen molar-refractivity contribution >= 4 is 34.1 Å². The fourth-order valence-corrected chi connectivity index (χ4v) is 2.75. The van der Waals surface area contributed by atoms with Gasteiger partial charge in [-0.25, -0.2) is 4.79 Å². The molecule has 0 aliphatic carbocycles. The first-order valence-corrected chi connectivity index (χ1v) is 7.72. The molecule has 4 heteroatoms. The van der Waals surface area contributed by atoms with Crippen molar-refractivity contribution in [2.45, 2.75) is 6.92 Å². The Balaban J connectivity index is 2.01. The molecular formula is C20H16N2O2. The molecule has 1 amide bonds. The molecule has 4 nitrogen and oxygen atoms in total. The zero-order valence-electron chi connectivity index (χ0n) is 13.3. The van der Waals surface area contributed by atoms with Gasteiger partial charge in [0, 0.05) is 17.5 Å². The van der Waals surface area contributed by atoms with Crippen LogP contribution in [0.2, 0.25) is 0 Å².